The van der Waals surface area contributed by atoms with Gasteiger partial charge in [0, 0.05) is 6.54 Å². The van der Waals surface area contributed by atoms with Crippen LogP contribution in [-0.2, 0) is 21.8 Å². The third-order valence-electron chi connectivity index (χ3n) is 1.36. The molecule has 8 heteroatoms. The van der Waals surface area contributed by atoms with Gasteiger partial charge in [-0.3, -0.25) is 4.68 Å². The lowest BCUT2D eigenvalue weighted by Crippen LogP contribution is -2.17. The van der Waals surface area contributed by atoms with E-state index in [9.17, 15) is 13.4 Å². The number of carbonyl (C=O) groups excluding carboxylic acids is 1. The SMILES string of the molecule is CCn1ncc(F)c1S(=O)OC(N)=O. The zero-order valence-electron chi connectivity index (χ0n) is 7.27. The lowest BCUT2D eigenvalue weighted by Gasteiger charge is -2.02. The Morgan fingerprint density at radius 1 is 1.86 bits per heavy atom. The van der Waals surface area contributed by atoms with Crippen molar-refractivity contribution < 1.29 is 17.6 Å². The number of hydrogen-bond donors (Lipinski definition) is 1. The molecule has 0 spiro atoms. The Balaban J connectivity index is 2.98. The predicted octanol–water partition coefficient (Wildman–Crippen LogP) is 0.160. The molecule has 0 aliphatic carbocycles. The Labute approximate surface area is 81.5 Å². The van der Waals surface area contributed by atoms with Crippen molar-refractivity contribution in [2.45, 2.75) is 18.5 Å². The van der Waals surface area contributed by atoms with Crippen molar-refractivity contribution in [1.29, 1.82) is 0 Å². The molecular formula is C6H8FN3O3S. The summed E-state index contributed by atoms with van der Waals surface area (Å²) in [5.74, 6) is -0.800. The quantitative estimate of drug-likeness (QED) is 0.787. The van der Waals surface area contributed by atoms with Crippen molar-refractivity contribution in [1.82, 2.24) is 9.78 Å². The van der Waals surface area contributed by atoms with Gasteiger partial charge in [-0.2, -0.15) is 5.10 Å². The fraction of sp³-hybridized carbons (Fsp3) is 0.333. The number of aromatic nitrogens is 2. The van der Waals surface area contributed by atoms with E-state index in [1.54, 1.807) is 6.92 Å². The third-order valence-corrected chi connectivity index (χ3v) is 2.40. The Bertz CT molecular complexity index is 378. The molecule has 0 fully saturated rings. The normalized spacial score (nSPS) is 12.4. The van der Waals surface area contributed by atoms with Crippen LogP contribution in [0.25, 0.3) is 0 Å². The lowest BCUT2D eigenvalue weighted by atomic mass is 10.7. The molecule has 1 unspecified atom stereocenters. The van der Waals surface area contributed by atoms with Gasteiger partial charge in [0.15, 0.2) is 5.82 Å². The molecule has 0 saturated heterocycles. The summed E-state index contributed by atoms with van der Waals surface area (Å²) in [6, 6.07) is 0. The Kier molecular flexibility index (Phi) is 3.18. The molecule has 1 atom stereocenters. The van der Waals surface area contributed by atoms with Gasteiger partial charge in [0.2, 0.25) is 5.03 Å². The molecular weight excluding hydrogens is 213 g/mol. The monoisotopic (exact) mass is 221 g/mol. The standard InChI is InChI=1S/C6H8FN3O3S/c1-2-10-5(4(7)3-9-10)14(12)13-6(8)11/h3H,2H2,1H3,(H2,8,11). The average molecular weight is 221 g/mol. The summed E-state index contributed by atoms with van der Waals surface area (Å²) in [6.45, 7) is 1.99. The van der Waals surface area contributed by atoms with Crippen LogP contribution in [0.2, 0.25) is 0 Å². The summed E-state index contributed by atoms with van der Waals surface area (Å²) in [6.07, 6.45) is -0.340. The summed E-state index contributed by atoms with van der Waals surface area (Å²) in [4.78, 5) is 10.3. The number of halogens is 1. The van der Waals surface area contributed by atoms with Crippen LogP contribution in [0, 0.1) is 5.82 Å². The number of aryl methyl sites for hydroxylation is 1. The highest BCUT2D eigenvalue weighted by molar-refractivity contribution is 7.80. The number of primary amides is 1. The van der Waals surface area contributed by atoms with Crippen molar-refractivity contribution in [2.75, 3.05) is 0 Å². The Hall–Kier alpha value is -1.44. The highest BCUT2D eigenvalue weighted by atomic mass is 32.2. The summed E-state index contributed by atoms with van der Waals surface area (Å²) in [5.41, 5.74) is 4.63. The zero-order valence-corrected chi connectivity index (χ0v) is 8.08. The van der Waals surface area contributed by atoms with Crippen LogP contribution in [0.1, 0.15) is 6.92 Å². The maximum absolute atomic E-state index is 13.0. The molecule has 14 heavy (non-hydrogen) atoms. The molecule has 0 saturated carbocycles. The van der Waals surface area contributed by atoms with Gasteiger partial charge in [-0.15, -0.1) is 0 Å². The largest absolute Gasteiger partial charge is 0.418 e. The topological polar surface area (TPSA) is 87.2 Å². The van der Waals surface area contributed by atoms with Crippen molar-refractivity contribution in [3.05, 3.63) is 12.0 Å². The smallest absolute Gasteiger partial charge is 0.342 e. The highest BCUT2D eigenvalue weighted by Crippen LogP contribution is 2.12. The second kappa shape index (κ2) is 4.18. The van der Waals surface area contributed by atoms with E-state index >= 15 is 0 Å². The first-order valence-corrected chi connectivity index (χ1v) is 4.74. The fourth-order valence-electron chi connectivity index (χ4n) is 0.856. The molecule has 1 amide bonds. The van der Waals surface area contributed by atoms with Gasteiger partial charge in [-0.25, -0.2) is 13.4 Å². The van der Waals surface area contributed by atoms with E-state index in [0.717, 1.165) is 10.9 Å². The zero-order chi connectivity index (χ0) is 10.7. The van der Waals surface area contributed by atoms with Crippen LogP contribution >= 0.6 is 0 Å². The summed E-state index contributed by atoms with van der Waals surface area (Å²) in [7, 11) is 0. The minimum Gasteiger partial charge on any atom is -0.342 e. The number of carbonyl (C=O) groups is 1. The van der Waals surface area contributed by atoms with Crippen molar-refractivity contribution in [2.24, 2.45) is 5.73 Å². The first-order chi connectivity index (χ1) is 6.56. The van der Waals surface area contributed by atoms with Crippen LogP contribution in [0.3, 0.4) is 0 Å². The molecule has 0 aliphatic heterocycles. The van der Waals surface area contributed by atoms with E-state index < -0.39 is 23.0 Å². The van der Waals surface area contributed by atoms with Gasteiger partial charge in [0.25, 0.3) is 11.1 Å². The molecule has 2 N–H and O–H groups in total. The van der Waals surface area contributed by atoms with Gasteiger partial charge in [0.1, 0.15) is 0 Å². The lowest BCUT2D eigenvalue weighted by molar-refractivity contribution is 0.215. The van der Waals surface area contributed by atoms with E-state index in [2.05, 4.69) is 15.0 Å². The van der Waals surface area contributed by atoms with E-state index in [0.29, 0.717) is 6.54 Å². The predicted molar refractivity (Wildman–Crippen MR) is 44.9 cm³/mol. The van der Waals surface area contributed by atoms with Crippen LogP contribution in [0.4, 0.5) is 9.18 Å². The maximum atomic E-state index is 13.0. The van der Waals surface area contributed by atoms with Crippen molar-refractivity contribution in [3.63, 3.8) is 0 Å². The number of hydrogen-bond acceptors (Lipinski definition) is 4. The van der Waals surface area contributed by atoms with Crippen molar-refractivity contribution >= 4 is 17.2 Å². The molecule has 0 bridgehead atoms. The van der Waals surface area contributed by atoms with Gasteiger partial charge in [0.05, 0.1) is 6.20 Å². The van der Waals surface area contributed by atoms with Crippen LogP contribution < -0.4 is 5.73 Å². The first-order valence-electron chi connectivity index (χ1n) is 3.67. The Morgan fingerprint density at radius 2 is 2.50 bits per heavy atom. The minimum atomic E-state index is -2.25. The Morgan fingerprint density at radius 3 is 3.00 bits per heavy atom. The average Bonchev–Trinajstić information content (AvgIpc) is 2.45. The van der Waals surface area contributed by atoms with E-state index in [1.807, 2.05) is 0 Å². The molecule has 1 aromatic heterocycles. The number of nitrogens with zero attached hydrogens (tertiary/aromatic N) is 2. The number of amides is 1. The van der Waals surface area contributed by atoms with Gasteiger partial charge >= 0.3 is 6.09 Å². The molecule has 78 valence electrons. The minimum absolute atomic E-state index is 0.300. The molecule has 0 radical (unpaired) electrons. The second-order valence-electron chi connectivity index (χ2n) is 2.25. The van der Waals surface area contributed by atoms with E-state index in [4.69, 9.17) is 0 Å². The molecule has 1 heterocycles. The summed E-state index contributed by atoms with van der Waals surface area (Å²) in [5, 5.41) is 3.28. The van der Waals surface area contributed by atoms with Crippen molar-refractivity contribution in [3.8, 4) is 0 Å². The molecule has 6 nitrogen and oxygen atoms in total. The number of nitrogens with two attached hydrogens (primary N) is 1. The maximum Gasteiger partial charge on any atom is 0.418 e. The molecule has 0 aromatic carbocycles. The molecule has 0 aliphatic rings. The number of rotatable bonds is 3. The van der Waals surface area contributed by atoms with E-state index in [1.165, 1.54) is 0 Å². The summed E-state index contributed by atoms with van der Waals surface area (Å²) >= 11 is -2.25. The van der Waals surface area contributed by atoms with Gasteiger partial charge < -0.3 is 9.92 Å². The van der Waals surface area contributed by atoms with Crippen LogP contribution in [-0.4, -0.2) is 20.1 Å². The van der Waals surface area contributed by atoms with Gasteiger partial charge in [-0.05, 0) is 6.92 Å². The fourth-order valence-corrected chi connectivity index (χ4v) is 1.64. The summed E-state index contributed by atoms with van der Waals surface area (Å²) < 4.78 is 29.4. The van der Waals surface area contributed by atoms with Crippen LogP contribution in [0.5, 0.6) is 0 Å². The second-order valence-corrected chi connectivity index (χ2v) is 3.27. The van der Waals surface area contributed by atoms with E-state index in [-0.39, 0.29) is 5.03 Å². The van der Waals surface area contributed by atoms with Gasteiger partial charge in [-0.1, -0.05) is 0 Å². The highest BCUT2D eigenvalue weighted by Gasteiger charge is 2.19. The molecule has 1 rings (SSSR count). The van der Waals surface area contributed by atoms with Crippen LogP contribution in [0.15, 0.2) is 11.2 Å². The third kappa shape index (κ3) is 2.08. The molecule has 1 aromatic rings. The first kappa shape index (κ1) is 10.6.